The van der Waals surface area contributed by atoms with Crippen LogP contribution < -0.4 is 0 Å². The zero-order chi connectivity index (χ0) is 14.0. The molecular weight excluding hydrogens is 232 g/mol. The summed E-state index contributed by atoms with van der Waals surface area (Å²) in [6.07, 6.45) is 24.7. The average Bonchev–Trinajstić information content (AvgIpc) is 2.43. The van der Waals surface area contributed by atoms with Gasteiger partial charge in [0, 0.05) is 6.42 Å². The highest BCUT2D eigenvalue weighted by Gasteiger charge is 1.90. The molecule has 0 saturated carbocycles. The third kappa shape index (κ3) is 17.1. The van der Waals surface area contributed by atoms with E-state index in [1.165, 1.54) is 64.2 Å². The second kappa shape index (κ2) is 17.2. The molecule has 0 N–H and O–H groups in total. The fourth-order valence-electron chi connectivity index (χ4n) is 2.06. The van der Waals surface area contributed by atoms with Crippen LogP contribution in [0.15, 0.2) is 24.3 Å². The highest BCUT2D eigenvalue weighted by atomic mass is 16.1. The average molecular weight is 264 g/mol. The van der Waals surface area contributed by atoms with Crippen LogP contribution >= 0.6 is 0 Å². The summed E-state index contributed by atoms with van der Waals surface area (Å²) in [7, 11) is 0. The van der Waals surface area contributed by atoms with Crippen molar-refractivity contribution in [2.45, 2.75) is 84.0 Å². The molecule has 1 nitrogen and oxygen atoms in total. The molecule has 0 bridgehead atoms. The first-order valence-electron chi connectivity index (χ1n) is 8.15. The molecule has 0 aliphatic rings. The number of aldehydes is 1. The highest BCUT2D eigenvalue weighted by Crippen LogP contribution is 2.09. The molecule has 0 atom stereocenters. The zero-order valence-corrected chi connectivity index (χ0v) is 12.8. The normalized spacial score (nSPS) is 11.6. The molecule has 0 rings (SSSR count). The van der Waals surface area contributed by atoms with Crippen LogP contribution in [0.25, 0.3) is 0 Å². The summed E-state index contributed by atoms with van der Waals surface area (Å²) in [4.78, 5) is 10.1. The van der Waals surface area contributed by atoms with Crippen molar-refractivity contribution in [3.8, 4) is 0 Å². The second-order valence-corrected chi connectivity index (χ2v) is 5.19. The largest absolute Gasteiger partial charge is 0.303 e. The molecule has 19 heavy (non-hydrogen) atoms. The van der Waals surface area contributed by atoms with Gasteiger partial charge < -0.3 is 4.79 Å². The molecule has 0 heterocycles. The van der Waals surface area contributed by atoms with Crippen LogP contribution in [0, 0.1) is 0 Å². The van der Waals surface area contributed by atoms with Crippen molar-refractivity contribution in [1.29, 1.82) is 0 Å². The molecule has 0 aromatic rings. The van der Waals surface area contributed by atoms with Gasteiger partial charge in [-0.2, -0.15) is 0 Å². The molecule has 0 saturated heterocycles. The fraction of sp³-hybridized carbons (Fsp3) is 0.722. The Morgan fingerprint density at radius 3 is 1.63 bits per heavy atom. The molecule has 0 amide bonds. The van der Waals surface area contributed by atoms with Gasteiger partial charge in [-0.05, 0) is 32.1 Å². The van der Waals surface area contributed by atoms with Gasteiger partial charge in [-0.3, -0.25) is 0 Å². The van der Waals surface area contributed by atoms with Gasteiger partial charge in [0.05, 0.1) is 0 Å². The van der Waals surface area contributed by atoms with Gasteiger partial charge >= 0.3 is 0 Å². The van der Waals surface area contributed by atoms with Gasteiger partial charge in [0.25, 0.3) is 0 Å². The third-order valence-corrected chi connectivity index (χ3v) is 3.28. The lowest BCUT2D eigenvalue weighted by molar-refractivity contribution is -0.107. The van der Waals surface area contributed by atoms with Gasteiger partial charge in [0.1, 0.15) is 6.29 Å². The molecule has 0 unspecified atom stereocenters. The summed E-state index contributed by atoms with van der Waals surface area (Å²) in [5.41, 5.74) is 0. The van der Waals surface area contributed by atoms with Crippen LogP contribution in [0.4, 0.5) is 0 Å². The third-order valence-electron chi connectivity index (χ3n) is 3.28. The summed E-state index contributed by atoms with van der Waals surface area (Å²) in [5, 5.41) is 0. The van der Waals surface area contributed by atoms with E-state index in [9.17, 15) is 4.79 Å². The Bertz CT molecular complexity index is 228. The van der Waals surface area contributed by atoms with Gasteiger partial charge in [0.2, 0.25) is 0 Å². The van der Waals surface area contributed by atoms with Crippen molar-refractivity contribution in [2.75, 3.05) is 0 Å². The Kier molecular flexibility index (Phi) is 16.4. The van der Waals surface area contributed by atoms with Gasteiger partial charge in [0.15, 0.2) is 0 Å². The molecule has 110 valence electrons. The van der Waals surface area contributed by atoms with E-state index in [4.69, 9.17) is 0 Å². The van der Waals surface area contributed by atoms with Crippen LogP contribution in [0.2, 0.25) is 0 Å². The number of rotatable bonds is 14. The predicted octanol–water partition coefficient (Wildman–Crippen LogP) is 6.00. The standard InChI is InChI=1S/C18H32O/c1-2-3-4-5-6-7-8-9-10-11-12-13-14-15-16-17-18-19/h5-6,15-16,18H,2-4,7-14,17H2,1H3/b6-5?,16-15-. The molecule has 0 aliphatic carbocycles. The zero-order valence-electron chi connectivity index (χ0n) is 12.8. The topological polar surface area (TPSA) is 17.1 Å². The van der Waals surface area contributed by atoms with Crippen LogP contribution in [0.1, 0.15) is 84.0 Å². The molecule has 0 aromatic carbocycles. The highest BCUT2D eigenvalue weighted by molar-refractivity contribution is 5.51. The van der Waals surface area contributed by atoms with Crippen molar-refractivity contribution >= 4 is 6.29 Å². The quantitative estimate of drug-likeness (QED) is 0.214. The van der Waals surface area contributed by atoms with Crippen LogP contribution in [-0.4, -0.2) is 6.29 Å². The number of carbonyl (C=O) groups is 1. The number of unbranched alkanes of at least 4 members (excludes halogenated alkanes) is 9. The monoisotopic (exact) mass is 264 g/mol. The van der Waals surface area contributed by atoms with E-state index >= 15 is 0 Å². The Hall–Kier alpha value is -0.850. The summed E-state index contributed by atoms with van der Waals surface area (Å²) in [5.74, 6) is 0. The maximum Gasteiger partial charge on any atom is 0.123 e. The van der Waals surface area contributed by atoms with Crippen LogP contribution in [0.3, 0.4) is 0 Å². The number of carbonyl (C=O) groups excluding carboxylic acids is 1. The fourth-order valence-corrected chi connectivity index (χ4v) is 2.06. The van der Waals surface area contributed by atoms with E-state index in [0.29, 0.717) is 6.42 Å². The number of hydrogen-bond donors (Lipinski definition) is 0. The lowest BCUT2D eigenvalue weighted by atomic mass is 10.1. The van der Waals surface area contributed by atoms with Crippen molar-refractivity contribution in [2.24, 2.45) is 0 Å². The minimum absolute atomic E-state index is 0.575. The minimum Gasteiger partial charge on any atom is -0.303 e. The maximum absolute atomic E-state index is 10.1. The lowest BCUT2D eigenvalue weighted by Gasteiger charge is -1.99. The molecule has 0 aliphatic heterocycles. The van der Waals surface area contributed by atoms with Gasteiger partial charge in [-0.1, -0.05) is 69.8 Å². The summed E-state index contributed by atoms with van der Waals surface area (Å²) >= 11 is 0. The van der Waals surface area contributed by atoms with E-state index < -0.39 is 0 Å². The Morgan fingerprint density at radius 2 is 1.11 bits per heavy atom. The van der Waals surface area contributed by atoms with E-state index in [0.717, 1.165) is 12.7 Å². The Labute approximate surface area is 120 Å². The van der Waals surface area contributed by atoms with Crippen molar-refractivity contribution in [3.63, 3.8) is 0 Å². The minimum atomic E-state index is 0.575. The van der Waals surface area contributed by atoms with Crippen molar-refractivity contribution < 1.29 is 4.79 Å². The maximum atomic E-state index is 10.1. The van der Waals surface area contributed by atoms with Crippen LogP contribution in [0.5, 0.6) is 0 Å². The molecule has 0 radical (unpaired) electrons. The van der Waals surface area contributed by atoms with E-state index in [1.807, 2.05) is 6.08 Å². The van der Waals surface area contributed by atoms with E-state index in [1.54, 1.807) is 0 Å². The summed E-state index contributed by atoms with van der Waals surface area (Å²) in [6.45, 7) is 2.24. The lowest BCUT2D eigenvalue weighted by Crippen LogP contribution is -1.79. The first-order valence-corrected chi connectivity index (χ1v) is 8.15. The second-order valence-electron chi connectivity index (χ2n) is 5.19. The molecular formula is C18H32O. The van der Waals surface area contributed by atoms with Crippen molar-refractivity contribution in [3.05, 3.63) is 24.3 Å². The smallest absolute Gasteiger partial charge is 0.123 e. The first-order chi connectivity index (χ1) is 9.41. The first kappa shape index (κ1) is 18.1. The SMILES string of the molecule is CCCCC=CCCCCCCCC/C=C\CC=O. The van der Waals surface area contributed by atoms with E-state index in [-0.39, 0.29) is 0 Å². The predicted molar refractivity (Wildman–Crippen MR) is 85.4 cm³/mol. The summed E-state index contributed by atoms with van der Waals surface area (Å²) < 4.78 is 0. The molecule has 0 fully saturated rings. The molecule has 0 aromatic heterocycles. The summed E-state index contributed by atoms with van der Waals surface area (Å²) in [6, 6.07) is 0. The van der Waals surface area contributed by atoms with E-state index in [2.05, 4.69) is 25.2 Å². The van der Waals surface area contributed by atoms with Gasteiger partial charge in [-0.15, -0.1) is 0 Å². The number of hydrogen-bond acceptors (Lipinski definition) is 1. The molecule has 0 spiro atoms. The van der Waals surface area contributed by atoms with Crippen LogP contribution in [-0.2, 0) is 4.79 Å². The van der Waals surface area contributed by atoms with Crippen molar-refractivity contribution in [1.82, 2.24) is 0 Å². The Balaban J connectivity index is 3.06. The number of allylic oxidation sites excluding steroid dienone is 4. The molecule has 1 heteroatoms. The Morgan fingerprint density at radius 1 is 0.632 bits per heavy atom. The van der Waals surface area contributed by atoms with Gasteiger partial charge in [-0.25, -0.2) is 0 Å².